The van der Waals surface area contributed by atoms with Crippen LogP contribution in [0.3, 0.4) is 0 Å². The Balaban J connectivity index is 0.00000161. The summed E-state index contributed by atoms with van der Waals surface area (Å²) in [5.41, 5.74) is 6.90. The molecule has 1 aliphatic carbocycles. The Hall–Kier alpha value is -1.59. The molecule has 0 bridgehead atoms. The second kappa shape index (κ2) is 6.03. The van der Waals surface area contributed by atoms with Gasteiger partial charge in [-0.2, -0.15) is 0 Å². The second-order valence-corrected chi connectivity index (χ2v) is 5.66. The molecule has 3 N–H and O–H groups in total. The van der Waals surface area contributed by atoms with Crippen molar-refractivity contribution < 1.29 is 9.59 Å². The first-order valence-corrected chi connectivity index (χ1v) is 7.09. The molecule has 1 aromatic carbocycles. The van der Waals surface area contributed by atoms with Crippen LogP contribution in [0, 0.1) is 0 Å². The predicted molar refractivity (Wildman–Crippen MR) is 84.7 cm³/mol. The van der Waals surface area contributed by atoms with E-state index in [1.165, 1.54) is 0 Å². The number of amides is 2. The van der Waals surface area contributed by atoms with Gasteiger partial charge in [0, 0.05) is 24.3 Å². The van der Waals surface area contributed by atoms with E-state index < -0.39 is 5.54 Å². The summed E-state index contributed by atoms with van der Waals surface area (Å²) in [6, 6.07) is 7.37. The van der Waals surface area contributed by atoms with Crippen LogP contribution in [0.5, 0.6) is 0 Å². The highest BCUT2D eigenvalue weighted by Crippen LogP contribution is 2.30. The summed E-state index contributed by atoms with van der Waals surface area (Å²) in [5.74, 6) is 0.0471. The number of hydrogen-bond donors (Lipinski definition) is 2. The molecule has 0 atom stereocenters. The van der Waals surface area contributed by atoms with Crippen LogP contribution in [0.25, 0.3) is 0 Å². The van der Waals surface area contributed by atoms with Crippen molar-refractivity contribution in [2.24, 2.45) is 5.73 Å². The molecule has 0 spiro atoms. The van der Waals surface area contributed by atoms with Crippen molar-refractivity contribution in [3.8, 4) is 0 Å². The Morgan fingerprint density at radius 3 is 2.33 bits per heavy atom. The van der Waals surface area contributed by atoms with E-state index >= 15 is 0 Å². The van der Waals surface area contributed by atoms with Gasteiger partial charge in [0.2, 0.25) is 11.8 Å². The lowest BCUT2D eigenvalue weighted by Crippen LogP contribution is -2.56. The standard InChI is InChI=1S/C15H19N3O2.ClH/c16-15(8-2-9-15)14(20)17-11-4-6-12(7-5-11)18-10-1-3-13(18)19;/h4-7H,1-3,8-10,16H2,(H,17,20);1H. The zero-order chi connectivity index (χ0) is 14.2. The van der Waals surface area contributed by atoms with Crippen molar-refractivity contribution in [3.05, 3.63) is 24.3 Å². The number of carbonyl (C=O) groups excluding carboxylic acids is 2. The average Bonchev–Trinajstić information content (AvgIpc) is 2.83. The van der Waals surface area contributed by atoms with E-state index in [0.717, 1.165) is 43.6 Å². The highest BCUT2D eigenvalue weighted by Gasteiger charge is 2.40. The molecular weight excluding hydrogens is 290 g/mol. The van der Waals surface area contributed by atoms with Gasteiger partial charge in [-0.3, -0.25) is 9.59 Å². The molecule has 1 aromatic rings. The normalized spacial score (nSPS) is 19.7. The summed E-state index contributed by atoms with van der Waals surface area (Å²) >= 11 is 0. The first-order valence-electron chi connectivity index (χ1n) is 7.09. The summed E-state index contributed by atoms with van der Waals surface area (Å²) in [6.07, 6.45) is 4.04. The quantitative estimate of drug-likeness (QED) is 0.897. The van der Waals surface area contributed by atoms with Crippen LogP contribution in [0.4, 0.5) is 11.4 Å². The minimum Gasteiger partial charge on any atom is -0.324 e. The predicted octanol–water partition coefficient (Wildman–Crippen LogP) is 2.06. The molecule has 2 aliphatic rings. The molecule has 21 heavy (non-hydrogen) atoms. The Kier molecular flexibility index (Phi) is 4.54. The van der Waals surface area contributed by atoms with E-state index in [0.29, 0.717) is 6.42 Å². The van der Waals surface area contributed by atoms with E-state index in [-0.39, 0.29) is 24.2 Å². The fourth-order valence-electron chi connectivity index (χ4n) is 2.69. The molecule has 114 valence electrons. The topological polar surface area (TPSA) is 75.4 Å². The molecule has 0 radical (unpaired) electrons. The number of nitrogens with one attached hydrogen (secondary N) is 1. The maximum Gasteiger partial charge on any atom is 0.244 e. The van der Waals surface area contributed by atoms with E-state index in [4.69, 9.17) is 5.73 Å². The fraction of sp³-hybridized carbons (Fsp3) is 0.467. The largest absolute Gasteiger partial charge is 0.324 e. The van der Waals surface area contributed by atoms with Crippen LogP contribution >= 0.6 is 12.4 Å². The maximum atomic E-state index is 12.0. The van der Waals surface area contributed by atoms with E-state index in [1.807, 2.05) is 24.3 Å². The Morgan fingerprint density at radius 1 is 1.19 bits per heavy atom. The highest BCUT2D eigenvalue weighted by molar-refractivity contribution is 5.99. The zero-order valence-corrected chi connectivity index (χ0v) is 12.6. The molecule has 1 saturated heterocycles. The van der Waals surface area contributed by atoms with Crippen molar-refractivity contribution in [1.82, 2.24) is 0 Å². The number of halogens is 1. The van der Waals surface area contributed by atoms with Crippen LogP contribution in [0.15, 0.2) is 24.3 Å². The van der Waals surface area contributed by atoms with Crippen molar-refractivity contribution in [2.45, 2.75) is 37.6 Å². The lowest BCUT2D eigenvalue weighted by molar-refractivity contribution is -0.123. The summed E-state index contributed by atoms with van der Waals surface area (Å²) < 4.78 is 0. The minimum atomic E-state index is -0.691. The van der Waals surface area contributed by atoms with E-state index in [9.17, 15) is 9.59 Å². The lowest BCUT2D eigenvalue weighted by atomic mass is 9.77. The zero-order valence-electron chi connectivity index (χ0n) is 11.8. The fourth-order valence-corrected chi connectivity index (χ4v) is 2.69. The Bertz CT molecular complexity index is 540. The van der Waals surface area contributed by atoms with Gasteiger partial charge in [-0.1, -0.05) is 0 Å². The third-order valence-corrected chi connectivity index (χ3v) is 4.21. The molecule has 0 unspecified atom stereocenters. The van der Waals surface area contributed by atoms with Crippen LogP contribution in [0.2, 0.25) is 0 Å². The smallest absolute Gasteiger partial charge is 0.244 e. The van der Waals surface area contributed by atoms with Gasteiger partial charge in [0.15, 0.2) is 0 Å². The minimum absolute atomic E-state index is 0. The van der Waals surface area contributed by atoms with Gasteiger partial charge in [-0.05, 0) is 49.9 Å². The summed E-state index contributed by atoms with van der Waals surface area (Å²) in [4.78, 5) is 25.4. The average molecular weight is 310 g/mol. The van der Waals surface area contributed by atoms with Gasteiger partial charge in [-0.15, -0.1) is 12.4 Å². The molecule has 1 aliphatic heterocycles. The number of rotatable bonds is 3. The first kappa shape index (κ1) is 15.8. The summed E-state index contributed by atoms with van der Waals surface area (Å²) in [7, 11) is 0. The van der Waals surface area contributed by atoms with Crippen LogP contribution in [-0.2, 0) is 9.59 Å². The third kappa shape index (κ3) is 3.04. The number of carbonyl (C=O) groups is 2. The molecule has 1 saturated carbocycles. The number of benzene rings is 1. The van der Waals surface area contributed by atoms with Crippen molar-refractivity contribution >= 4 is 35.6 Å². The molecular formula is C15H20ClN3O2. The van der Waals surface area contributed by atoms with Crippen LogP contribution in [0.1, 0.15) is 32.1 Å². The highest BCUT2D eigenvalue weighted by atomic mass is 35.5. The molecule has 0 aromatic heterocycles. The number of anilines is 2. The first-order chi connectivity index (χ1) is 9.58. The molecule has 3 rings (SSSR count). The van der Waals surface area contributed by atoms with Crippen LogP contribution in [-0.4, -0.2) is 23.9 Å². The van der Waals surface area contributed by atoms with Crippen molar-refractivity contribution in [1.29, 1.82) is 0 Å². The molecule has 1 heterocycles. The summed E-state index contributed by atoms with van der Waals surface area (Å²) in [5, 5.41) is 2.85. The van der Waals surface area contributed by atoms with Gasteiger partial charge in [0.05, 0.1) is 5.54 Å². The lowest BCUT2D eigenvalue weighted by Gasteiger charge is -2.36. The number of nitrogens with zero attached hydrogens (tertiary/aromatic N) is 1. The maximum absolute atomic E-state index is 12.0. The third-order valence-electron chi connectivity index (χ3n) is 4.21. The van der Waals surface area contributed by atoms with Crippen LogP contribution < -0.4 is 16.0 Å². The molecule has 6 heteroatoms. The van der Waals surface area contributed by atoms with Crippen molar-refractivity contribution in [2.75, 3.05) is 16.8 Å². The van der Waals surface area contributed by atoms with E-state index in [1.54, 1.807) is 4.90 Å². The summed E-state index contributed by atoms with van der Waals surface area (Å²) in [6.45, 7) is 0.774. The van der Waals surface area contributed by atoms with Gasteiger partial charge in [0.25, 0.3) is 0 Å². The second-order valence-electron chi connectivity index (χ2n) is 5.66. The van der Waals surface area contributed by atoms with Gasteiger partial charge >= 0.3 is 0 Å². The SMILES string of the molecule is Cl.NC1(C(=O)Nc2ccc(N3CCCC3=O)cc2)CCC1. The molecule has 5 nitrogen and oxygen atoms in total. The molecule has 2 fully saturated rings. The number of nitrogens with two attached hydrogens (primary N) is 1. The number of hydrogen-bond acceptors (Lipinski definition) is 3. The monoisotopic (exact) mass is 309 g/mol. The Morgan fingerprint density at radius 2 is 1.86 bits per heavy atom. The van der Waals surface area contributed by atoms with E-state index in [2.05, 4.69) is 5.32 Å². The Labute approximate surface area is 130 Å². The molecule has 2 amide bonds. The van der Waals surface area contributed by atoms with Gasteiger partial charge in [-0.25, -0.2) is 0 Å². The van der Waals surface area contributed by atoms with Gasteiger partial charge in [0.1, 0.15) is 0 Å². The van der Waals surface area contributed by atoms with Gasteiger partial charge < -0.3 is 16.0 Å². The van der Waals surface area contributed by atoms with Crippen molar-refractivity contribution in [3.63, 3.8) is 0 Å².